The molecule has 0 saturated heterocycles. The van der Waals surface area contributed by atoms with Crippen LogP contribution in [0.2, 0.25) is 0 Å². The van der Waals surface area contributed by atoms with E-state index < -0.39 is 28.2 Å². The van der Waals surface area contributed by atoms with Crippen molar-refractivity contribution in [1.29, 1.82) is 0 Å². The number of aliphatic carboxylic acids is 1. The van der Waals surface area contributed by atoms with Crippen LogP contribution in [0, 0.1) is 0 Å². The summed E-state index contributed by atoms with van der Waals surface area (Å²) in [6.07, 6.45) is -0.544. The molecule has 21 heavy (non-hydrogen) atoms. The van der Waals surface area contributed by atoms with E-state index in [1.807, 2.05) is 6.07 Å². The van der Waals surface area contributed by atoms with Gasteiger partial charge in [0.15, 0.2) is 0 Å². The summed E-state index contributed by atoms with van der Waals surface area (Å²) in [6.45, 7) is 1.07. The van der Waals surface area contributed by atoms with Gasteiger partial charge in [-0.3, -0.25) is 4.79 Å². The Morgan fingerprint density at radius 1 is 1.33 bits per heavy atom. The predicted octanol–water partition coefficient (Wildman–Crippen LogP) is 0.179. The van der Waals surface area contributed by atoms with Gasteiger partial charge in [-0.05, 0) is 12.5 Å². The van der Waals surface area contributed by atoms with Gasteiger partial charge < -0.3 is 10.2 Å². The minimum atomic E-state index is -3.80. The third kappa shape index (κ3) is 6.21. The SMILES string of the molecule is CN(Cc1ccccc1)S(=O)(=O)NCC(C)(O)CC(=O)O. The quantitative estimate of drug-likeness (QED) is 0.634. The third-order valence-electron chi connectivity index (χ3n) is 2.83. The highest BCUT2D eigenvalue weighted by atomic mass is 32.2. The second kappa shape index (κ2) is 6.99. The Bertz CT molecular complexity index is 571. The van der Waals surface area contributed by atoms with Crippen LogP contribution in [0.25, 0.3) is 0 Å². The van der Waals surface area contributed by atoms with Crippen LogP contribution in [-0.4, -0.2) is 48.1 Å². The van der Waals surface area contributed by atoms with E-state index in [-0.39, 0.29) is 13.1 Å². The van der Waals surface area contributed by atoms with E-state index in [0.29, 0.717) is 0 Å². The number of rotatable bonds is 8. The monoisotopic (exact) mass is 316 g/mol. The van der Waals surface area contributed by atoms with Gasteiger partial charge in [0.2, 0.25) is 0 Å². The zero-order chi connectivity index (χ0) is 16.1. The number of hydrogen-bond donors (Lipinski definition) is 3. The Labute approximate surface area is 124 Å². The zero-order valence-corrected chi connectivity index (χ0v) is 12.8. The maximum Gasteiger partial charge on any atom is 0.306 e. The number of aliphatic hydroxyl groups is 1. The van der Waals surface area contributed by atoms with Crippen LogP contribution in [0.5, 0.6) is 0 Å². The number of carbonyl (C=O) groups is 1. The van der Waals surface area contributed by atoms with Gasteiger partial charge in [-0.15, -0.1) is 0 Å². The van der Waals surface area contributed by atoms with Gasteiger partial charge in [-0.2, -0.15) is 17.4 Å². The minimum Gasteiger partial charge on any atom is -0.481 e. The van der Waals surface area contributed by atoms with E-state index in [2.05, 4.69) is 4.72 Å². The molecular formula is C13H20N2O5S. The number of nitrogens with zero attached hydrogens (tertiary/aromatic N) is 1. The van der Waals surface area contributed by atoms with Gasteiger partial charge in [0.25, 0.3) is 10.2 Å². The molecule has 1 atom stereocenters. The maximum atomic E-state index is 12.0. The molecule has 0 aromatic heterocycles. The fraction of sp³-hybridized carbons (Fsp3) is 0.462. The van der Waals surface area contributed by atoms with Crippen LogP contribution in [0.3, 0.4) is 0 Å². The molecule has 7 nitrogen and oxygen atoms in total. The largest absolute Gasteiger partial charge is 0.481 e. The van der Waals surface area contributed by atoms with Gasteiger partial charge in [0.05, 0.1) is 12.0 Å². The topological polar surface area (TPSA) is 107 Å². The number of benzene rings is 1. The molecule has 0 aliphatic heterocycles. The summed E-state index contributed by atoms with van der Waals surface area (Å²) in [7, 11) is -2.39. The van der Waals surface area contributed by atoms with E-state index in [4.69, 9.17) is 5.11 Å². The summed E-state index contributed by atoms with van der Waals surface area (Å²) in [5, 5.41) is 18.4. The lowest BCUT2D eigenvalue weighted by molar-refractivity contribution is -0.141. The Kier molecular flexibility index (Phi) is 5.85. The van der Waals surface area contributed by atoms with Crippen molar-refractivity contribution < 1.29 is 23.4 Å². The molecule has 0 fully saturated rings. The lowest BCUT2D eigenvalue weighted by Gasteiger charge is -2.24. The van der Waals surface area contributed by atoms with Crippen molar-refractivity contribution in [3.8, 4) is 0 Å². The molecule has 0 spiro atoms. The fourth-order valence-corrected chi connectivity index (χ4v) is 2.70. The van der Waals surface area contributed by atoms with E-state index in [1.165, 1.54) is 14.0 Å². The van der Waals surface area contributed by atoms with Gasteiger partial charge in [-0.1, -0.05) is 30.3 Å². The highest BCUT2D eigenvalue weighted by Crippen LogP contribution is 2.10. The van der Waals surface area contributed by atoms with Crippen molar-refractivity contribution >= 4 is 16.2 Å². The van der Waals surface area contributed by atoms with E-state index in [9.17, 15) is 18.3 Å². The second-order valence-corrected chi connectivity index (χ2v) is 7.00. The third-order valence-corrected chi connectivity index (χ3v) is 4.28. The molecule has 1 rings (SSSR count). The first-order chi connectivity index (χ1) is 9.62. The van der Waals surface area contributed by atoms with Crippen LogP contribution >= 0.6 is 0 Å². The summed E-state index contributed by atoms with van der Waals surface area (Å²) in [6, 6.07) is 9.04. The smallest absolute Gasteiger partial charge is 0.306 e. The predicted molar refractivity (Wildman–Crippen MR) is 77.7 cm³/mol. The normalized spacial score (nSPS) is 14.9. The standard InChI is InChI=1S/C13H20N2O5S/c1-13(18,8-12(16)17)10-14-21(19,20)15(2)9-11-6-4-3-5-7-11/h3-7,14,18H,8-10H2,1-2H3,(H,16,17). The molecule has 0 aliphatic rings. The first-order valence-corrected chi connectivity index (χ1v) is 7.75. The van der Waals surface area contributed by atoms with Gasteiger partial charge >= 0.3 is 5.97 Å². The van der Waals surface area contributed by atoms with Crippen LogP contribution in [0.4, 0.5) is 0 Å². The van der Waals surface area contributed by atoms with Crippen LogP contribution in [-0.2, 0) is 21.5 Å². The van der Waals surface area contributed by atoms with Crippen molar-refractivity contribution in [3.63, 3.8) is 0 Å². The summed E-state index contributed by atoms with van der Waals surface area (Å²) in [4.78, 5) is 10.6. The molecule has 118 valence electrons. The lowest BCUT2D eigenvalue weighted by atomic mass is 10.0. The number of nitrogens with one attached hydrogen (secondary N) is 1. The molecule has 0 bridgehead atoms. The average molecular weight is 316 g/mol. The minimum absolute atomic E-state index is 0.178. The first-order valence-electron chi connectivity index (χ1n) is 6.31. The van der Waals surface area contributed by atoms with Crippen molar-refractivity contribution in [2.45, 2.75) is 25.5 Å². The molecular weight excluding hydrogens is 296 g/mol. The molecule has 0 saturated carbocycles. The summed E-state index contributed by atoms with van der Waals surface area (Å²) >= 11 is 0. The van der Waals surface area contributed by atoms with Crippen LogP contribution in [0.1, 0.15) is 18.9 Å². The summed E-state index contributed by atoms with van der Waals surface area (Å²) in [5.41, 5.74) is -0.824. The first kappa shape index (κ1) is 17.6. The molecule has 8 heteroatoms. The van der Waals surface area contributed by atoms with Gasteiger partial charge in [0, 0.05) is 20.1 Å². The highest BCUT2D eigenvalue weighted by Gasteiger charge is 2.27. The van der Waals surface area contributed by atoms with Gasteiger partial charge in [-0.25, -0.2) is 0 Å². The Hall–Kier alpha value is -1.48. The molecule has 0 radical (unpaired) electrons. The maximum absolute atomic E-state index is 12.0. The molecule has 1 aromatic rings. The molecule has 0 aliphatic carbocycles. The number of hydrogen-bond acceptors (Lipinski definition) is 4. The molecule has 0 amide bonds. The molecule has 0 heterocycles. The average Bonchev–Trinajstić information content (AvgIpc) is 2.36. The number of carboxylic acid groups (broad SMARTS) is 1. The van der Waals surface area contributed by atoms with Crippen molar-refractivity contribution in [3.05, 3.63) is 35.9 Å². The zero-order valence-electron chi connectivity index (χ0n) is 12.0. The van der Waals surface area contributed by atoms with Crippen molar-refractivity contribution in [2.75, 3.05) is 13.6 Å². The number of carboxylic acids is 1. The van der Waals surface area contributed by atoms with E-state index in [0.717, 1.165) is 9.87 Å². The second-order valence-electron chi connectivity index (χ2n) is 5.14. The van der Waals surface area contributed by atoms with Crippen molar-refractivity contribution in [2.24, 2.45) is 0 Å². The Morgan fingerprint density at radius 2 is 1.90 bits per heavy atom. The van der Waals surface area contributed by atoms with Gasteiger partial charge in [0.1, 0.15) is 0 Å². The van der Waals surface area contributed by atoms with E-state index in [1.54, 1.807) is 24.3 Å². The molecule has 3 N–H and O–H groups in total. The fourth-order valence-electron chi connectivity index (χ4n) is 1.67. The van der Waals surface area contributed by atoms with Crippen LogP contribution < -0.4 is 4.72 Å². The summed E-state index contributed by atoms with van der Waals surface area (Å²) < 4.78 is 27.4. The summed E-state index contributed by atoms with van der Waals surface area (Å²) in [5.74, 6) is -1.20. The molecule has 1 unspecified atom stereocenters. The Balaban J connectivity index is 2.62. The lowest BCUT2D eigenvalue weighted by Crippen LogP contribution is -2.46. The Morgan fingerprint density at radius 3 is 2.43 bits per heavy atom. The highest BCUT2D eigenvalue weighted by molar-refractivity contribution is 7.87. The van der Waals surface area contributed by atoms with Crippen LogP contribution in [0.15, 0.2) is 30.3 Å². The molecule has 1 aromatic carbocycles. The van der Waals surface area contributed by atoms with E-state index >= 15 is 0 Å². The van der Waals surface area contributed by atoms with Crippen molar-refractivity contribution in [1.82, 2.24) is 9.03 Å².